The number of rotatable bonds is 4. The van der Waals surface area contributed by atoms with Gasteiger partial charge in [0.25, 0.3) is 10.0 Å². The smallest absolute Gasteiger partial charge is 0.260 e. The molecule has 6 nitrogen and oxygen atoms in total. The Morgan fingerprint density at radius 3 is 2.89 bits per heavy atom. The van der Waals surface area contributed by atoms with Crippen molar-refractivity contribution in [3.05, 3.63) is 12.0 Å². The molecule has 0 bridgehead atoms. The minimum atomic E-state index is -3.48. The van der Waals surface area contributed by atoms with Gasteiger partial charge in [-0.2, -0.15) is 4.31 Å². The van der Waals surface area contributed by atoms with Crippen LogP contribution in [0.2, 0.25) is 0 Å². The van der Waals surface area contributed by atoms with Crippen LogP contribution in [0.5, 0.6) is 0 Å². The molecule has 2 heterocycles. The van der Waals surface area contributed by atoms with Crippen LogP contribution in [0, 0.1) is 5.92 Å². The molecule has 1 aromatic rings. The van der Waals surface area contributed by atoms with Crippen molar-refractivity contribution in [2.45, 2.75) is 37.8 Å². The fourth-order valence-corrected chi connectivity index (χ4v) is 3.72. The summed E-state index contributed by atoms with van der Waals surface area (Å²) in [7, 11) is -1.85. The molecule has 0 aromatic carbocycles. The molecule has 19 heavy (non-hydrogen) atoms. The van der Waals surface area contributed by atoms with E-state index in [1.807, 2.05) is 6.92 Å². The molecule has 1 N–H and O–H groups in total. The number of nitrogens with one attached hydrogen (secondary N) is 1. The number of ether oxygens (including phenoxy) is 1. The van der Waals surface area contributed by atoms with E-state index in [9.17, 15) is 8.42 Å². The van der Waals surface area contributed by atoms with Gasteiger partial charge in [0.05, 0.1) is 12.3 Å². The predicted molar refractivity (Wildman–Crippen MR) is 71.3 cm³/mol. The average molecular weight is 287 g/mol. The molecule has 108 valence electrons. The van der Waals surface area contributed by atoms with Crippen LogP contribution in [0.4, 0.5) is 0 Å². The average Bonchev–Trinajstić information content (AvgIpc) is 2.88. The molecule has 0 aliphatic carbocycles. The SMILES string of the molecule is CCc1ncc(S(=O)(=O)N2CCC(C)C(OC)C2)[nH]1. The number of sulfonamides is 1. The summed E-state index contributed by atoms with van der Waals surface area (Å²) < 4.78 is 31.8. The largest absolute Gasteiger partial charge is 0.380 e. The fourth-order valence-electron chi connectivity index (χ4n) is 2.32. The summed E-state index contributed by atoms with van der Waals surface area (Å²) in [6.45, 7) is 4.95. The van der Waals surface area contributed by atoms with E-state index in [0.29, 0.717) is 31.3 Å². The van der Waals surface area contributed by atoms with Crippen molar-refractivity contribution in [2.75, 3.05) is 20.2 Å². The van der Waals surface area contributed by atoms with Gasteiger partial charge in [-0.15, -0.1) is 0 Å². The normalized spacial score (nSPS) is 25.6. The zero-order valence-electron chi connectivity index (χ0n) is 11.6. The summed E-state index contributed by atoms with van der Waals surface area (Å²) >= 11 is 0. The Balaban J connectivity index is 2.20. The van der Waals surface area contributed by atoms with Gasteiger partial charge in [-0.05, 0) is 12.3 Å². The monoisotopic (exact) mass is 287 g/mol. The topological polar surface area (TPSA) is 75.3 Å². The highest BCUT2D eigenvalue weighted by atomic mass is 32.2. The molecular weight excluding hydrogens is 266 g/mol. The molecule has 1 aliphatic rings. The zero-order valence-corrected chi connectivity index (χ0v) is 12.4. The Morgan fingerprint density at radius 2 is 2.32 bits per heavy atom. The van der Waals surface area contributed by atoms with Gasteiger partial charge in [0.15, 0.2) is 5.03 Å². The maximum atomic E-state index is 12.5. The highest BCUT2D eigenvalue weighted by Crippen LogP contribution is 2.24. The lowest BCUT2D eigenvalue weighted by molar-refractivity contribution is 0.0183. The number of aromatic nitrogens is 2. The summed E-state index contributed by atoms with van der Waals surface area (Å²) in [4.78, 5) is 6.92. The van der Waals surface area contributed by atoms with Gasteiger partial charge in [0.1, 0.15) is 5.82 Å². The van der Waals surface area contributed by atoms with Crippen molar-refractivity contribution in [1.29, 1.82) is 0 Å². The van der Waals surface area contributed by atoms with Gasteiger partial charge in [-0.25, -0.2) is 13.4 Å². The molecule has 1 fully saturated rings. The summed E-state index contributed by atoms with van der Waals surface area (Å²) in [6.07, 6.45) is 2.85. The number of methoxy groups -OCH3 is 1. The van der Waals surface area contributed by atoms with Crippen LogP contribution in [-0.4, -0.2) is 49.0 Å². The lowest BCUT2D eigenvalue weighted by Gasteiger charge is -2.34. The molecule has 7 heteroatoms. The first kappa shape index (κ1) is 14.5. The molecule has 1 aliphatic heterocycles. The Bertz CT molecular complexity index is 526. The molecule has 2 atom stereocenters. The van der Waals surface area contributed by atoms with E-state index >= 15 is 0 Å². The van der Waals surface area contributed by atoms with E-state index in [1.165, 1.54) is 10.5 Å². The van der Waals surface area contributed by atoms with Gasteiger partial charge < -0.3 is 9.72 Å². The van der Waals surface area contributed by atoms with Crippen molar-refractivity contribution >= 4 is 10.0 Å². The Morgan fingerprint density at radius 1 is 1.58 bits per heavy atom. The third-order valence-corrected chi connectivity index (χ3v) is 5.49. The molecule has 0 saturated carbocycles. The predicted octanol–water partition coefficient (Wildman–Crippen LogP) is 1.02. The second-order valence-corrected chi connectivity index (χ2v) is 6.86. The van der Waals surface area contributed by atoms with Crippen LogP contribution in [0.15, 0.2) is 11.2 Å². The Hall–Kier alpha value is -0.920. The molecule has 0 radical (unpaired) electrons. The zero-order chi connectivity index (χ0) is 14.0. The van der Waals surface area contributed by atoms with Crippen molar-refractivity contribution in [3.63, 3.8) is 0 Å². The molecule has 0 amide bonds. The van der Waals surface area contributed by atoms with Crippen molar-refractivity contribution < 1.29 is 13.2 Å². The second-order valence-electron chi connectivity index (χ2n) is 4.95. The second kappa shape index (κ2) is 5.60. The lowest BCUT2D eigenvalue weighted by atomic mass is 9.97. The van der Waals surface area contributed by atoms with E-state index in [0.717, 1.165) is 6.42 Å². The lowest BCUT2D eigenvalue weighted by Crippen LogP contribution is -2.46. The van der Waals surface area contributed by atoms with Crippen LogP contribution in [0.1, 0.15) is 26.1 Å². The highest BCUT2D eigenvalue weighted by molar-refractivity contribution is 7.89. The van der Waals surface area contributed by atoms with E-state index in [4.69, 9.17) is 4.74 Å². The van der Waals surface area contributed by atoms with Crippen molar-refractivity contribution in [3.8, 4) is 0 Å². The minimum Gasteiger partial charge on any atom is -0.380 e. The number of hydrogen-bond acceptors (Lipinski definition) is 4. The number of H-pyrrole nitrogens is 1. The van der Waals surface area contributed by atoms with E-state index < -0.39 is 10.0 Å². The third-order valence-electron chi connectivity index (χ3n) is 3.71. The number of hydrogen-bond donors (Lipinski definition) is 1. The van der Waals surface area contributed by atoms with Gasteiger partial charge in [0, 0.05) is 26.6 Å². The van der Waals surface area contributed by atoms with Crippen molar-refractivity contribution in [2.24, 2.45) is 5.92 Å². The van der Waals surface area contributed by atoms with Crippen LogP contribution >= 0.6 is 0 Å². The third kappa shape index (κ3) is 2.82. The summed E-state index contributed by atoms with van der Waals surface area (Å²) in [6, 6.07) is 0. The summed E-state index contributed by atoms with van der Waals surface area (Å²) in [5.41, 5.74) is 0. The number of aryl methyl sites for hydroxylation is 1. The summed E-state index contributed by atoms with van der Waals surface area (Å²) in [5, 5.41) is 0.175. The van der Waals surface area contributed by atoms with E-state index in [1.54, 1.807) is 7.11 Å². The number of aromatic amines is 1. The first-order valence-electron chi connectivity index (χ1n) is 6.55. The van der Waals surface area contributed by atoms with Crippen LogP contribution < -0.4 is 0 Å². The standard InChI is InChI=1S/C12H21N3O3S/c1-4-11-13-7-12(14-11)19(16,17)15-6-5-9(2)10(8-15)18-3/h7,9-10H,4-6,8H2,1-3H3,(H,13,14). The molecular formula is C12H21N3O3S. The first-order valence-corrected chi connectivity index (χ1v) is 7.99. The van der Waals surface area contributed by atoms with Gasteiger partial charge >= 0.3 is 0 Å². The van der Waals surface area contributed by atoms with E-state index in [-0.39, 0.29) is 11.1 Å². The summed E-state index contributed by atoms with van der Waals surface area (Å²) in [5.74, 6) is 1.07. The maximum absolute atomic E-state index is 12.5. The molecule has 1 aromatic heterocycles. The van der Waals surface area contributed by atoms with Crippen LogP contribution in [-0.2, 0) is 21.2 Å². The van der Waals surface area contributed by atoms with Crippen molar-refractivity contribution in [1.82, 2.24) is 14.3 Å². The quantitative estimate of drug-likeness (QED) is 0.897. The Kier molecular flexibility index (Phi) is 4.27. The van der Waals surface area contributed by atoms with Crippen LogP contribution in [0.25, 0.3) is 0 Å². The van der Waals surface area contributed by atoms with Crippen LogP contribution in [0.3, 0.4) is 0 Å². The fraction of sp³-hybridized carbons (Fsp3) is 0.750. The molecule has 0 spiro atoms. The van der Waals surface area contributed by atoms with E-state index in [2.05, 4.69) is 16.9 Å². The minimum absolute atomic E-state index is 0.0444. The number of nitrogens with zero attached hydrogens (tertiary/aromatic N) is 2. The van der Waals surface area contributed by atoms with Gasteiger partial charge in [-0.1, -0.05) is 13.8 Å². The highest BCUT2D eigenvalue weighted by Gasteiger charge is 2.34. The first-order chi connectivity index (χ1) is 8.98. The number of imidazole rings is 1. The van der Waals surface area contributed by atoms with Gasteiger partial charge in [0.2, 0.25) is 0 Å². The number of piperidine rings is 1. The Labute approximate surface area is 114 Å². The van der Waals surface area contributed by atoms with Gasteiger partial charge in [-0.3, -0.25) is 0 Å². The molecule has 2 rings (SSSR count). The maximum Gasteiger partial charge on any atom is 0.260 e. The molecule has 1 saturated heterocycles. The molecule has 2 unspecified atom stereocenters.